The van der Waals surface area contributed by atoms with Gasteiger partial charge in [0.15, 0.2) is 12.4 Å². The number of amides is 1. The number of nitrogens with one attached hydrogen (secondary N) is 1. The smallest absolute Gasteiger partial charge is 0.306 e. The van der Waals surface area contributed by atoms with Crippen LogP contribution in [0.25, 0.3) is 0 Å². The normalized spacial score (nSPS) is 20.6. The lowest BCUT2D eigenvalue weighted by atomic mass is 9.99. The van der Waals surface area contributed by atoms with Crippen LogP contribution < -0.4 is 5.32 Å². The van der Waals surface area contributed by atoms with E-state index in [1.54, 1.807) is 6.08 Å². The highest BCUT2D eigenvalue weighted by atomic mass is 16.7. The Labute approximate surface area is 413 Å². The van der Waals surface area contributed by atoms with Gasteiger partial charge in [-0.2, -0.15) is 0 Å². The van der Waals surface area contributed by atoms with Gasteiger partial charge in [-0.3, -0.25) is 9.59 Å². The second-order valence-corrected chi connectivity index (χ2v) is 18.3. The highest BCUT2D eigenvalue weighted by Crippen LogP contribution is 2.26. The molecule has 11 nitrogen and oxygen atoms in total. The van der Waals surface area contributed by atoms with Gasteiger partial charge in [-0.1, -0.05) is 215 Å². The highest BCUT2D eigenvalue weighted by molar-refractivity contribution is 5.80. The van der Waals surface area contributed by atoms with Gasteiger partial charge < -0.3 is 45.1 Å². The number of esters is 1. The van der Waals surface area contributed by atoms with Gasteiger partial charge in [-0.05, 0) is 64.2 Å². The molecule has 8 atom stereocenters. The second-order valence-electron chi connectivity index (χ2n) is 18.3. The predicted octanol–water partition coefficient (Wildman–Crippen LogP) is 11.4. The van der Waals surface area contributed by atoms with Crippen molar-refractivity contribution in [3.63, 3.8) is 0 Å². The molecule has 1 fully saturated rings. The standard InChI is InChI=1S/C57H97NO10/c1-4-7-10-13-16-19-22-25-27-29-32-35-38-41-44-50(61)56(65)58-48(49(60)43-40-37-34-31-28-24-21-18-15-12-9-6-3)47-66-57-55(54(64)53(63)51(46-59)67-57)68-52(62)45-42-39-36-33-30-26-23-20-17-14-11-8-5-2/h8,11,14,17,19-20,22-23,26,30,33,36,40,43,48-51,53-55,57,59-61,63-64H,4-7,9-10,12-13,15-16,18,21,24-25,27-29,31-32,34-35,37-39,41-42,44-47H2,1-3H3,(H,58,65)/b11-8+,17-14+,22-19-,23-20-,30-26-,36-33+,43-40+. The lowest BCUT2D eigenvalue weighted by Crippen LogP contribution is -2.61. The van der Waals surface area contributed by atoms with Crippen molar-refractivity contribution in [1.29, 1.82) is 0 Å². The number of aliphatic hydroxyl groups excluding tert-OH is 5. The maximum atomic E-state index is 13.3. The van der Waals surface area contributed by atoms with E-state index in [-0.39, 0.29) is 19.4 Å². The minimum atomic E-state index is -1.65. The molecule has 68 heavy (non-hydrogen) atoms. The summed E-state index contributed by atoms with van der Waals surface area (Å²) < 4.78 is 17.4. The molecule has 1 heterocycles. The second kappa shape index (κ2) is 45.0. The summed E-state index contributed by atoms with van der Waals surface area (Å²) in [4.78, 5) is 26.3. The Balaban J connectivity index is 2.82. The lowest BCUT2D eigenvalue weighted by molar-refractivity contribution is -0.305. The first kappa shape index (κ1) is 62.9. The van der Waals surface area contributed by atoms with Crippen LogP contribution in [0.15, 0.2) is 85.1 Å². The van der Waals surface area contributed by atoms with Gasteiger partial charge >= 0.3 is 5.97 Å². The largest absolute Gasteiger partial charge is 0.454 e. The SMILES string of the molecule is CC/C=C/C=C/C=C\C=C/C=C/CCCC(=O)OC1C(OCC(NC(=O)C(O)CCCCCCCC/C=C\CCCCCC)C(O)/C=C/CCCCCCCCCCCC)OC(CO)C(O)C1O. The number of carbonyl (C=O) groups excluding carboxylic acids is 2. The molecule has 1 aliphatic heterocycles. The molecule has 1 amide bonds. The zero-order valence-corrected chi connectivity index (χ0v) is 42.7. The highest BCUT2D eigenvalue weighted by Gasteiger charge is 2.47. The Morgan fingerprint density at radius 3 is 1.63 bits per heavy atom. The molecule has 0 spiro atoms. The third-order valence-corrected chi connectivity index (χ3v) is 12.2. The Kier molecular flexibility index (Phi) is 41.6. The molecule has 390 valence electrons. The fraction of sp³-hybridized carbons (Fsp3) is 0.719. The van der Waals surface area contributed by atoms with Crippen LogP contribution in [0.2, 0.25) is 0 Å². The summed E-state index contributed by atoms with van der Waals surface area (Å²) >= 11 is 0. The fourth-order valence-corrected chi connectivity index (χ4v) is 7.85. The molecular weight excluding hydrogens is 859 g/mol. The van der Waals surface area contributed by atoms with Crippen LogP contribution in [0, 0.1) is 0 Å². The zero-order chi connectivity index (χ0) is 49.7. The summed E-state index contributed by atoms with van der Waals surface area (Å²) in [5.41, 5.74) is 0. The van der Waals surface area contributed by atoms with E-state index >= 15 is 0 Å². The number of allylic oxidation sites excluding steroid dienone is 13. The molecule has 8 unspecified atom stereocenters. The molecular formula is C57H97NO10. The van der Waals surface area contributed by atoms with Gasteiger partial charge in [0.2, 0.25) is 5.91 Å². The maximum absolute atomic E-state index is 13.3. The van der Waals surface area contributed by atoms with Gasteiger partial charge in [0.05, 0.1) is 25.4 Å². The average Bonchev–Trinajstić information content (AvgIpc) is 3.33. The van der Waals surface area contributed by atoms with E-state index in [0.717, 1.165) is 70.6 Å². The zero-order valence-electron chi connectivity index (χ0n) is 42.7. The Morgan fingerprint density at radius 1 is 0.588 bits per heavy atom. The van der Waals surface area contributed by atoms with Crippen LogP contribution in [0.3, 0.4) is 0 Å². The van der Waals surface area contributed by atoms with E-state index in [9.17, 15) is 35.1 Å². The Hall–Kier alpha value is -3.16. The summed E-state index contributed by atoms with van der Waals surface area (Å²) in [5.74, 6) is -1.28. The third-order valence-electron chi connectivity index (χ3n) is 12.2. The molecule has 6 N–H and O–H groups in total. The van der Waals surface area contributed by atoms with E-state index in [1.165, 1.54) is 77.0 Å². The van der Waals surface area contributed by atoms with Crippen molar-refractivity contribution in [3.05, 3.63) is 85.1 Å². The maximum Gasteiger partial charge on any atom is 0.306 e. The van der Waals surface area contributed by atoms with Gasteiger partial charge in [0, 0.05) is 6.42 Å². The summed E-state index contributed by atoms with van der Waals surface area (Å²) in [6, 6.07) is -1.04. The van der Waals surface area contributed by atoms with Crippen LogP contribution in [-0.4, -0.2) is 99.6 Å². The van der Waals surface area contributed by atoms with Crippen LogP contribution in [0.4, 0.5) is 0 Å². The number of hydrogen-bond acceptors (Lipinski definition) is 10. The molecule has 1 aliphatic rings. The third kappa shape index (κ3) is 33.4. The van der Waals surface area contributed by atoms with E-state index < -0.39 is 67.4 Å². The molecule has 11 heteroatoms. The minimum absolute atomic E-state index is 0.0233. The van der Waals surface area contributed by atoms with E-state index in [2.05, 4.69) is 44.3 Å². The predicted molar refractivity (Wildman–Crippen MR) is 278 cm³/mol. The van der Waals surface area contributed by atoms with E-state index in [1.807, 2.05) is 60.8 Å². The minimum Gasteiger partial charge on any atom is -0.454 e. The molecule has 0 saturated carbocycles. The quantitative estimate of drug-likeness (QED) is 0.0149. The summed E-state index contributed by atoms with van der Waals surface area (Å²) in [5, 5.41) is 56.6. The number of carbonyl (C=O) groups is 2. The van der Waals surface area contributed by atoms with Crippen LogP contribution in [0.5, 0.6) is 0 Å². The number of ether oxygens (including phenoxy) is 3. The number of unbranched alkanes of at least 4 members (excludes halogenated alkanes) is 21. The molecule has 1 rings (SSSR count). The lowest BCUT2D eigenvalue weighted by Gasteiger charge is -2.41. The van der Waals surface area contributed by atoms with Gasteiger partial charge in [0.1, 0.15) is 24.4 Å². The van der Waals surface area contributed by atoms with Crippen LogP contribution in [0.1, 0.15) is 201 Å². The van der Waals surface area contributed by atoms with E-state index in [4.69, 9.17) is 14.2 Å². The number of rotatable bonds is 43. The van der Waals surface area contributed by atoms with Gasteiger partial charge in [0.25, 0.3) is 0 Å². The van der Waals surface area contributed by atoms with Gasteiger partial charge in [-0.25, -0.2) is 0 Å². The molecule has 0 radical (unpaired) electrons. The van der Waals surface area contributed by atoms with Crippen molar-refractivity contribution in [2.45, 2.75) is 250 Å². The monoisotopic (exact) mass is 956 g/mol. The van der Waals surface area contributed by atoms with Crippen molar-refractivity contribution in [2.75, 3.05) is 13.2 Å². The first-order chi connectivity index (χ1) is 33.2. The Morgan fingerprint density at radius 2 is 1.07 bits per heavy atom. The molecule has 1 saturated heterocycles. The first-order valence-electron chi connectivity index (χ1n) is 26.9. The van der Waals surface area contributed by atoms with Crippen LogP contribution in [-0.2, 0) is 23.8 Å². The number of hydrogen-bond donors (Lipinski definition) is 6. The summed E-state index contributed by atoms with van der Waals surface area (Å²) in [6.07, 6.45) is 46.4. The molecule has 0 aromatic carbocycles. The summed E-state index contributed by atoms with van der Waals surface area (Å²) in [7, 11) is 0. The average molecular weight is 956 g/mol. The van der Waals surface area contributed by atoms with Crippen molar-refractivity contribution in [1.82, 2.24) is 5.32 Å². The Bertz CT molecular complexity index is 1420. The number of aliphatic hydroxyl groups is 5. The fourth-order valence-electron chi connectivity index (χ4n) is 7.85. The molecule has 0 aromatic rings. The first-order valence-corrected chi connectivity index (χ1v) is 26.9. The molecule has 0 bridgehead atoms. The van der Waals surface area contributed by atoms with E-state index in [0.29, 0.717) is 19.3 Å². The molecule has 0 aromatic heterocycles. The van der Waals surface area contributed by atoms with Crippen molar-refractivity contribution in [3.8, 4) is 0 Å². The van der Waals surface area contributed by atoms with Crippen LogP contribution >= 0.6 is 0 Å². The molecule has 0 aliphatic carbocycles. The topological polar surface area (TPSA) is 175 Å². The van der Waals surface area contributed by atoms with Crippen molar-refractivity contribution in [2.24, 2.45) is 0 Å². The van der Waals surface area contributed by atoms with Crippen molar-refractivity contribution < 1.29 is 49.3 Å². The summed E-state index contributed by atoms with van der Waals surface area (Å²) in [6.45, 7) is 5.55. The van der Waals surface area contributed by atoms with Crippen molar-refractivity contribution >= 4 is 11.9 Å². The van der Waals surface area contributed by atoms with Gasteiger partial charge in [-0.15, -0.1) is 0 Å².